The van der Waals surface area contributed by atoms with Crippen LogP contribution in [0.4, 0.5) is 0 Å². The summed E-state index contributed by atoms with van der Waals surface area (Å²) in [5.74, 6) is 0.193. The highest BCUT2D eigenvalue weighted by atomic mass is 28.4. The topological polar surface area (TPSA) is 29.5 Å². The first-order valence-electron chi connectivity index (χ1n) is 5.90. The van der Waals surface area contributed by atoms with Crippen LogP contribution >= 0.6 is 0 Å². The summed E-state index contributed by atoms with van der Waals surface area (Å²) in [6.45, 7) is 12.1. The smallest absolute Gasteiger partial charge is 0.192 e. The summed E-state index contributed by atoms with van der Waals surface area (Å²) in [6, 6.07) is 0. The molecule has 0 saturated heterocycles. The van der Waals surface area contributed by atoms with E-state index in [2.05, 4.69) is 46.0 Å². The van der Waals surface area contributed by atoms with Crippen LogP contribution in [-0.4, -0.2) is 26.6 Å². The fraction of sp³-hybridized carbons (Fsp3) is 0.692. The summed E-state index contributed by atoms with van der Waals surface area (Å²) in [5.41, 5.74) is 1.20. The Morgan fingerprint density at radius 1 is 1.38 bits per heavy atom. The molecule has 0 amide bonds. The lowest BCUT2D eigenvalue weighted by molar-refractivity contribution is 0.274. The Kier molecular flexibility index (Phi) is 4.15. The summed E-state index contributed by atoms with van der Waals surface area (Å²) in [5, 5.41) is 9.27. The first-order chi connectivity index (χ1) is 7.26. The molecule has 1 aliphatic carbocycles. The molecule has 1 atom stereocenters. The Balaban J connectivity index is 2.51. The van der Waals surface area contributed by atoms with Gasteiger partial charge >= 0.3 is 0 Å². The molecule has 0 spiro atoms. The Labute approximate surface area is 100 Å². The van der Waals surface area contributed by atoms with Crippen LogP contribution in [0.25, 0.3) is 0 Å². The third kappa shape index (κ3) is 3.30. The van der Waals surface area contributed by atoms with Crippen molar-refractivity contribution in [3.05, 3.63) is 23.8 Å². The van der Waals surface area contributed by atoms with Gasteiger partial charge < -0.3 is 9.53 Å². The summed E-state index contributed by atoms with van der Waals surface area (Å²) < 4.78 is 6.11. The van der Waals surface area contributed by atoms with E-state index in [0.717, 1.165) is 0 Å². The lowest BCUT2D eigenvalue weighted by Gasteiger charge is -2.36. The van der Waals surface area contributed by atoms with Crippen LogP contribution < -0.4 is 0 Å². The van der Waals surface area contributed by atoms with Crippen molar-refractivity contribution in [3.63, 3.8) is 0 Å². The molecule has 0 fully saturated rings. The van der Waals surface area contributed by atoms with Gasteiger partial charge in [-0.05, 0) is 23.7 Å². The van der Waals surface area contributed by atoms with Crippen LogP contribution in [0.1, 0.15) is 20.8 Å². The van der Waals surface area contributed by atoms with Crippen LogP contribution in [0.15, 0.2) is 23.8 Å². The van der Waals surface area contributed by atoms with Gasteiger partial charge in [-0.3, -0.25) is 0 Å². The molecule has 1 rings (SSSR count). The minimum atomic E-state index is -1.64. The molecule has 0 aromatic heterocycles. The molecule has 1 aliphatic rings. The van der Waals surface area contributed by atoms with Crippen molar-refractivity contribution in [1.82, 2.24) is 0 Å². The van der Waals surface area contributed by atoms with Gasteiger partial charge in [0.2, 0.25) is 0 Å². The van der Waals surface area contributed by atoms with Gasteiger partial charge in [-0.2, -0.15) is 0 Å². The van der Waals surface area contributed by atoms with Crippen molar-refractivity contribution in [1.29, 1.82) is 0 Å². The monoisotopic (exact) mass is 240 g/mol. The van der Waals surface area contributed by atoms with E-state index in [1.54, 1.807) is 0 Å². The van der Waals surface area contributed by atoms with Gasteiger partial charge in [0.05, 0.1) is 13.2 Å². The Morgan fingerprint density at radius 3 is 2.44 bits per heavy atom. The fourth-order valence-electron chi connectivity index (χ4n) is 1.32. The molecule has 3 heteroatoms. The van der Waals surface area contributed by atoms with Crippen LogP contribution in [0.2, 0.25) is 18.1 Å². The van der Waals surface area contributed by atoms with Crippen molar-refractivity contribution in [3.8, 4) is 0 Å². The third-order valence-electron chi connectivity index (χ3n) is 3.60. The van der Waals surface area contributed by atoms with Crippen LogP contribution in [0, 0.1) is 5.92 Å². The zero-order chi connectivity index (χ0) is 12.4. The maximum atomic E-state index is 9.01. The van der Waals surface area contributed by atoms with Gasteiger partial charge in [0.1, 0.15) is 0 Å². The van der Waals surface area contributed by atoms with Crippen molar-refractivity contribution in [2.24, 2.45) is 5.92 Å². The standard InChI is InChI=1S/C13H24O2Si/c1-13(2,3)16(4,5)15-10-12-7-6-11(8-12)9-14/h6-8,11,14H,9-10H2,1-5H3. The van der Waals surface area contributed by atoms with E-state index in [9.17, 15) is 0 Å². The van der Waals surface area contributed by atoms with E-state index in [1.807, 2.05) is 6.08 Å². The van der Waals surface area contributed by atoms with Crippen LogP contribution in [0.3, 0.4) is 0 Å². The number of hydrogen-bond donors (Lipinski definition) is 1. The lowest BCUT2D eigenvalue weighted by Crippen LogP contribution is -2.41. The maximum Gasteiger partial charge on any atom is 0.192 e. The van der Waals surface area contributed by atoms with E-state index >= 15 is 0 Å². The van der Waals surface area contributed by atoms with Gasteiger partial charge in [0.25, 0.3) is 0 Å². The predicted octanol–water partition coefficient (Wildman–Crippen LogP) is 3.11. The SMILES string of the molecule is CC(C)(C)[Si](C)(C)OCC1=CC(CO)C=C1. The van der Waals surface area contributed by atoms with Gasteiger partial charge in [0.15, 0.2) is 8.32 Å². The minimum absolute atomic E-state index is 0.193. The van der Waals surface area contributed by atoms with E-state index in [1.165, 1.54) is 5.57 Å². The molecule has 0 aromatic carbocycles. The second kappa shape index (κ2) is 4.86. The summed E-state index contributed by atoms with van der Waals surface area (Å²) in [6.07, 6.45) is 6.19. The first-order valence-corrected chi connectivity index (χ1v) is 8.81. The lowest BCUT2D eigenvalue weighted by atomic mass is 10.2. The van der Waals surface area contributed by atoms with E-state index in [4.69, 9.17) is 9.53 Å². The summed E-state index contributed by atoms with van der Waals surface area (Å²) >= 11 is 0. The second-order valence-electron chi connectivity index (χ2n) is 6.00. The van der Waals surface area contributed by atoms with Crippen molar-refractivity contribution in [2.75, 3.05) is 13.2 Å². The molecule has 0 bridgehead atoms. The Bertz CT molecular complexity index is 298. The van der Waals surface area contributed by atoms with Gasteiger partial charge in [-0.25, -0.2) is 0 Å². The van der Waals surface area contributed by atoms with E-state index in [-0.39, 0.29) is 17.6 Å². The third-order valence-corrected chi connectivity index (χ3v) is 8.08. The fourth-order valence-corrected chi connectivity index (χ4v) is 2.28. The maximum absolute atomic E-state index is 9.01. The average molecular weight is 240 g/mol. The average Bonchev–Trinajstić information content (AvgIpc) is 2.60. The zero-order valence-electron chi connectivity index (χ0n) is 11.1. The molecule has 1 N–H and O–H groups in total. The Morgan fingerprint density at radius 2 is 2.00 bits per heavy atom. The van der Waals surface area contributed by atoms with E-state index < -0.39 is 8.32 Å². The minimum Gasteiger partial charge on any atom is -0.413 e. The highest BCUT2D eigenvalue weighted by Gasteiger charge is 2.37. The largest absolute Gasteiger partial charge is 0.413 e. The van der Waals surface area contributed by atoms with Gasteiger partial charge in [-0.1, -0.05) is 39.0 Å². The molecular weight excluding hydrogens is 216 g/mol. The second-order valence-corrected chi connectivity index (χ2v) is 10.8. The van der Waals surface area contributed by atoms with Crippen molar-refractivity contribution < 1.29 is 9.53 Å². The summed E-state index contributed by atoms with van der Waals surface area (Å²) in [7, 11) is -1.64. The van der Waals surface area contributed by atoms with Crippen molar-refractivity contribution >= 4 is 8.32 Å². The highest BCUT2D eigenvalue weighted by Crippen LogP contribution is 2.37. The molecule has 1 unspecified atom stereocenters. The van der Waals surface area contributed by atoms with E-state index in [0.29, 0.717) is 6.61 Å². The van der Waals surface area contributed by atoms with Crippen molar-refractivity contribution in [2.45, 2.75) is 38.9 Å². The predicted molar refractivity (Wildman–Crippen MR) is 70.9 cm³/mol. The highest BCUT2D eigenvalue weighted by molar-refractivity contribution is 6.74. The summed E-state index contributed by atoms with van der Waals surface area (Å²) in [4.78, 5) is 0. The number of aliphatic hydroxyl groups is 1. The quantitative estimate of drug-likeness (QED) is 0.765. The normalized spacial score (nSPS) is 21.4. The molecule has 0 aromatic rings. The number of rotatable bonds is 4. The first kappa shape index (κ1) is 13.7. The molecule has 0 aliphatic heterocycles. The molecule has 0 radical (unpaired) electrons. The van der Waals surface area contributed by atoms with Crippen LogP contribution in [-0.2, 0) is 4.43 Å². The number of hydrogen-bond acceptors (Lipinski definition) is 2. The molecular formula is C13H24O2Si. The molecule has 2 nitrogen and oxygen atoms in total. The Hall–Kier alpha value is -0.383. The molecule has 16 heavy (non-hydrogen) atoms. The van der Waals surface area contributed by atoms with Crippen LogP contribution in [0.5, 0.6) is 0 Å². The van der Waals surface area contributed by atoms with Gasteiger partial charge in [-0.15, -0.1) is 0 Å². The zero-order valence-corrected chi connectivity index (χ0v) is 12.1. The molecule has 92 valence electrons. The van der Waals surface area contributed by atoms with Gasteiger partial charge in [0, 0.05) is 5.92 Å². The number of aliphatic hydroxyl groups excluding tert-OH is 1. The molecule has 0 saturated carbocycles. The molecule has 0 heterocycles.